The van der Waals surface area contributed by atoms with Crippen LogP contribution in [0, 0.1) is 12.8 Å². The van der Waals surface area contributed by atoms with Crippen molar-refractivity contribution in [3.05, 3.63) is 32.6 Å². The van der Waals surface area contributed by atoms with Crippen LogP contribution < -0.4 is 16.6 Å². The van der Waals surface area contributed by atoms with E-state index in [-0.39, 0.29) is 11.2 Å². The molecule has 1 unspecified atom stereocenters. The number of nitrogens with zero attached hydrogens (tertiary/aromatic N) is 1. The van der Waals surface area contributed by atoms with E-state index in [9.17, 15) is 9.59 Å². The van der Waals surface area contributed by atoms with Gasteiger partial charge in [-0.05, 0) is 45.2 Å². The number of rotatable bonds is 3. The quantitative estimate of drug-likeness (QED) is 0.791. The standard InChI is InChI=1S/C12H19N3O2/c1-9-8-15(12(17)14-11(9)16)6-4-10-3-2-5-13-7-10/h8,10,13H,2-7H2,1H3,(H,14,16,17). The lowest BCUT2D eigenvalue weighted by atomic mass is 9.96. The average molecular weight is 237 g/mol. The third kappa shape index (κ3) is 3.06. The molecule has 0 aliphatic carbocycles. The fraction of sp³-hybridized carbons (Fsp3) is 0.667. The Labute approximate surface area is 99.9 Å². The van der Waals surface area contributed by atoms with Gasteiger partial charge in [0, 0.05) is 18.3 Å². The summed E-state index contributed by atoms with van der Waals surface area (Å²) in [6.45, 7) is 4.55. The van der Waals surface area contributed by atoms with Crippen LogP contribution in [0.5, 0.6) is 0 Å². The zero-order valence-corrected chi connectivity index (χ0v) is 10.2. The molecule has 0 amide bonds. The third-order valence-corrected chi connectivity index (χ3v) is 3.37. The highest BCUT2D eigenvalue weighted by atomic mass is 16.2. The molecule has 1 fully saturated rings. The maximum Gasteiger partial charge on any atom is 0.328 e. The summed E-state index contributed by atoms with van der Waals surface area (Å²) in [5.41, 5.74) is 0.00122. The Morgan fingerprint density at radius 1 is 1.47 bits per heavy atom. The van der Waals surface area contributed by atoms with E-state index in [1.165, 1.54) is 12.8 Å². The Kier molecular flexibility index (Phi) is 3.78. The largest absolute Gasteiger partial charge is 0.328 e. The van der Waals surface area contributed by atoms with Crippen LogP contribution in [0.2, 0.25) is 0 Å². The van der Waals surface area contributed by atoms with E-state index in [2.05, 4.69) is 10.3 Å². The van der Waals surface area contributed by atoms with E-state index in [1.807, 2.05) is 0 Å². The maximum absolute atomic E-state index is 11.6. The number of hydrogen-bond acceptors (Lipinski definition) is 3. The minimum Gasteiger partial charge on any atom is -0.316 e. The molecule has 0 spiro atoms. The average Bonchev–Trinajstić information content (AvgIpc) is 2.33. The van der Waals surface area contributed by atoms with Crippen LogP contribution in [-0.2, 0) is 6.54 Å². The molecule has 1 aromatic heterocycles. The van der Waals surface area contributed by atoms with Gasteiger partial charge in [0.1, 0.15) is 0 Å². The van der Waals surface area contributed by atoms with Crippen molar-refractivity contribution in [2.45, 2.75) is 32.7 Å². The Morgan fingerprint density at radius 3 is 3.00 bits per heavy atom. The second-order valence-corrected chi connectivity index (χ2v) is 4.77. The van der Waals surface area contributed by atoms with Gasteiger partial charge in [0.15, 0.2) is 0 Å². The van der Waals surface area contributed by atoms with E-state index in [1.54, 1.807) is 17.7 Å². The van der Waals surface area contributed by atoms with Gasteiger partial charge in [-0.2, -0.15) is 0 Å². The summed E-state index contributed by atoms with van der Waals surface area (Å²) in [5, 5.41) is 3.36. The summed E-state index contributed by atoms with van der Waals surface area (Å²) in [6.07, 6.45) is 5.07. The lowest BCUT2D eigenvalue weighted by molar-refractivity contribution is 0.339. The predicted octanol–water partition coefficient (Wildman–Crippen LogP) is 0.235. The molecule has 1 atom stereocenters. The number of piperidine rings is 1. The van der Waals surface area contributed by atoms with Gasteiger partial charge in [-0.3, -0.25) is 9.78 Å². The van der Waals surface area contributed by atoms with Crippen molar-refractivity contribution >= 4 is 0 Å². The van der Waals surface area contributed by atoms with Gasteiger partial charge in [0.2, 0.25) is 0 Å². The number of hydrogen-bond donors (Lipinski definition) is 2. The topological polar surface area (TPSA) is 66.9 Å². The monoisotopic (exact) mass is 237 g/mol. The van der Waals surface area contributed by atoms with Crippen LogP contribution in [0.25, 0.3) is 0 Å². The highest BCUT2D eigenvalue weighted by Crippen LogP contribution is 2.14. The summed E-state index contributed by atoms with van der Waals surface area (Å²) in [6, 6.07) is 0. The van der Waals surface area contributed by atoms with Gasteiger partial charge in [-0.15, -0.1) is 0 Å². The Hall–Kier alpha value is -1.36. The highest BCUT2D eigenvalue weighted by Gasteiger charge is 2.13. The van der Waals surface area contributed by atoms with Crippen molar-refractivity contribution in [3.63, 3.8) is 0 Å². The molecule has 2 rings (SSSR count). The minimum absolute atomic E-state index is 0.286. The molecule has 1 saturated heterocycles. The summed E-state index contributed by atoms with van der Waals surface area (Å²) in [7, 11) is 0. The zero-order chi connectivity index (χ0) is 12.3. The number of aryl methyl sites for hydroxylation is 2. The fourth-order valence-electron chi connectivity index (χ4n) is 2.28. The van der Waals surface area contributed by atoms with E-state index in [4.69, 9.17) is 0 Å². The minimum atomic E-state index is -0.302. The van der Waals surface area contributed by atoms with Gasteiger partial charge in [0.05, 0.1) is 0 Å². The maximum atomic E-state index is 11.6. The van der Waals surface area contributed by atoms with Gasteiger partial charge in [0.25, 0.3) is 5.56 Å². The molecule has 2 N–H and O–H groups in total. The second-order valence-electron chi connectivity index (χ2n) is 4.77. The SMILES string of the molecule is Cc1cn(CCC2CCCNC2)c(=O)[nH]c1=O. The van der Waals surface area contributed by atoms with Crippen molar-refractivity contribution in [2.75, 3.05) is 13.1 Å². The molecule has 0 radical (unpaired) electrons. The second kappa shape index (κ2) is 5.31. The fourth-order valence-corrected chi connectivity index (χ4v) is 2.28. The zero-order valence-electron chi connectivity index (χ0n) is 10.2. The van der Waals surface area contributed by atoms with Crippen molar-refractivity contribution < 1.29 is 0 Å². The summed E-state index contributed by atoms with van der Waals surface area (Å²) in [4.78, 5) is 25.1. The summed E-state index contributed by atoms with van der Waals surface area (Å²) < 4.78 is 1.60. The molecule has 2 heterocycles. The van der Waals surface area contributed by atoms with Crippen LogP contribution in [-0.4, -0.2) is 22.6 Å². The van der Waals surface area contributed by atoms with Crippen LogP contribution in [0.15, 0.2) is 15.8 Å². The first kappa shape index (κ1) is 12.1. The summed E-state index contributed by atoms with van der Waals surface area (Å²) >= 11 is 0. The lowest BCUT2D eigenvalue weighted by Crippen LogP contribution is -2.33. The molecule has 1 aromatic rings. The Morgan fingerprint density at radius 2 is 2.29 bits per heavy atom. The molecule has 5 heteroatoms. The third-order valence-electron chi connectivity index (χ3n) is 3.37. The van der Waals surface area contributed by atoms with Crippen LogP contribution in [0.4, 0.5) is 0 Å². The Bertz CT molecular complexity index is 483. The van der Waals surface area contributed by atoms with Crippen LogP contribution in [0.3, 0.4) is 0 Å². The molecular formula is C12H19N3O2. The van der Waals surface area contributed by atoms with Gasteiger partial charge in [-0.25, -0.2) is 4.79 Å². The van der Waals surface area contributed by atoms with Gasteiger partial charge in [-0.1, -0.05) is 0 Å². The normalized spacial score (nSPS) is 20.4. The highest BCUT2D eigenvalue weighted by molar-refractivity contribution is 5.00. The molecule has 1 aliphatic rings. The molecular weight excluding hydrogens is 218 g/mol. The van der Waals surface area contributed by atoms with Crippen molar-refractivity contribution in [3.8, 4) is 0 Å². The van der Waals surface area contributed by atoms with Crippen LogP contribution >= 0.6 is 0 Å². The first-order chi connectivity index (χ1) is 8.16. The van der Waals surface area contributed by atoms with Gasteiger partial charge >= 0.3 is 5.69 Å². The smallest absolute Gasteiger partial charge is 0.316 e. The van der Waals surface area contributed by atoms with E-state index in [0.29, 0.717) is 18.0 Å². The molecule has 94 valence electrons. The molecule has 17 heavy (non-hydrogen) atoms. The molecule has 0 aromatic carbocycles. The van der Waals surface area contributed by atoms with Crippen molar-refractivity contribution in [1.29, 1.82) is 0 Å². The first-order valence-corrected chi connectivity index (χ1v) is 6.18. The molecule has 5 nitrogen and oxygen atoms in total. The molecule has 1 aliphatic heterocycles. The van der Waals surface area contributed by atoms with E-state index < -0.39 is 0 Å². The molecule has 0 bridgehead atoms. The summed E-state index contributed by atoms with van der Waals surface area (Å²) in [5.74, 6) is 0.642. The molecule has 0 saturated carbocycles. The lowest BCUT2D eigenvalue weighted by Gasteiger charge is -2.22. The van der Waals surface area contributed by atoms with E-state index in [0.717, 1.165) is 19.5 Å². The number of H-pyrrole nitrogens is 1. The number of nitrogens with one attached hydrogen (secondary N) is 2. The van der Waals surface area contributed by atoms with E-state index >= 15 is 0 Å². The number of aromatic amines is 1. The van der Waals surface area contributed by atoms with Crippen molar-refractivity contribution in [1.82, 2.24) is 14.9 Å². The Balaban J connectivity index is 2.01. The first-order valence-electron chi connectivity index (χ1n) is 6.18. The van der Waals surface area contributed by atoms with Gasteiger partial charge < -0.3 is 9.88 Å². The van der Waals surface area contributed by atoms with Crippen LogP contribution in [0.1, 0.15) is 24.8 Å². The van der Waals surface area contributed by atoms with Crippen molar-refractivity contribution in [2.24, 2.45) is 5.92 Å². The number of aromatic nitrogens is 2. The predicted molar refractivity (Wildman–Crippen MR) is 66.3 cm³/mol.